The fourth-order valence-electron chi connectivity index (χ4n) is 3.59. The van der Waals surface area contributed by atoms with Gasteiger partial charge in [-0.15, -0.1) is 0 Å². The summed E-state index contributed by atoms with van der Waals surface area (Å²) < 4.78 is 18.4. The quantitative estimate of drug-likeness (QED) is 0.485. The van der Waals surface area contributed by atoms with Gasteiger partial charge in [0.15, 0.2) is 16.7 Å². The number of benzene rings is 2. The highest BCUT2D eigenvalue weighted by Crippen LogP contribution is 2.34. The van der Waals surface area contributed by atoms with Crippen molar-refractivity contribution >= 4 is 22.7 Å². The molecule has 0 N–H and O–H groups in total. The molecule has 144 valence electrons. The minimum atomic E-state index is -0.00529. The smallest absolute Gasteiger partial charge is 0.262 e. The predicted molar refractivity (Wildman–Crippen MR) is 107 cm³/mol. The van der Waals surface area contributed by atoms with E-state index in [-0.39, 0.29) is 18.5 Å². The Hall–Kier alpha value is -2.51. The zero-order valence-corrected chi connectivity index (χ0v) is 16.1. The van der Waals surface area contributed by atoms with Crippen LogP contribution in [0.2, 0.25) is 0 Å². The van der Waals surface area contributed by atoms with Crippen molar-refractivity contribution in [2.75, 3.05) is 13.4 Å². The highest BCUT2D eigenvalue weighted by Gasteiger charge is 2.20. The lowest BCUT2D eigenvalue weighted by Crippen LogP contribution is -2.28. The molecule has 1 unspecified atom stereocenters. The topological polar surface area (TPSA) is 62.6 Å². The van der Waals surface area contributed by atoms with Crippen molar-refractivity contribution < 1.29 is 14.2 Å². The zero-order valence-electron chi connectivity index (χ0n) is 15.3. The lowest BCUT2D eigenvalue weighted by molar-refractivity contribution is 0.0937. The van der Waals surface area contributed by atoms with E-state index in [1.54, 1.807) is 16.3 Å². The maximum absolute atomic E-state index is 13.1. The van der Waals surface area contributed by atoms with Crippen LogP contribution in [0, 0.1) is 0 Å². The second kappa shape index (κ2) is 7.48. The largest absolute Gasteiger partial charge is 0.454 e. The summed E-state index contributed by atoms with van der Waals surface area (Å²) in [7, 11) is 0. The molecule has 1 aromatic heterocycles. The lowest BCUT2D eigenvalue weighted by Gasteiger charge is -2.16. The van der Waals surface area contributed by atoms with Gasteiger partial charge in [0.2, 0.25) is 6.79 Å². The van der Waals surface area contributed by atoms with Crippen molar-refractivity contribution in [3.8, 4) is 11.5 Å². The van der Waals surface area contributed by atoms with Gasteiger partial charge in [0, 0.05) is 12.4 Å². The van der Waals surface area contributed by atoms with E-state index < -0.39 is 0 Å². The van der Waals surface area contributed by atoms with Crippen molar-refractivity contribution in [2.24, 2.45) is 0 Å². The number of ether oxygens (including phenoxy) is 3. The van der Waals surface area contributed by atoms with E-state index in [9.17, 15) is 4.79 Å². The molecule has 0 spiro atoms. The molecule has 0 bridgehead atoms. The van der Waals surface area contributed by atoms with Crippen LogP contribution in [0.15, 0.2) is 52.4 Å². The van der Waals surface area contributed by atoms with Crippen molar-refractivity contribution in [3.05, 3.63) is 58.4 Å². The second-order valence-electron chi connectivity index (χ2n) is 6.94. The molecule has 6 nitrogen and oxygen atoms in total. The minimum absolute atomic E-state index is 0.00529. The summed E-state index contributed by atoms with van der Waals surface area (Å²) in [4.78, 5) is 17.9. The molecule has 3 aromatic rings. The van der Waals surface area contributed by atoms with E-state index in [2.05, 4.69) is 0 Å². The molecule has 7 heteroatoms. The van der Waals surface area contributed by atoms with Gasteiger partial charge in [-0.3, -0.25) is 9.36 Å². The van der Waals surface area contributed by atoms with Crippen LogP contribution in [-0.4, -0.2) is 29.1 Å². The van der Waals surface area contributed by atoms with E-state index in [0.29, 0.717) is 17.7 Å². The van der Waals surface area contributed by atoms with Crippen LogP contribution in [0.3, 0.4) is 0 Å². The van der Waals surface area contributed by atoms with Crippen molar-refractivity contribution in [1.29, 1.82) is 0 Å². The molecule has 0 saturated carbocycles. The maximum Gasteiger partial charge on any atom is 0.262 e. The first-order valence-corrected chi connectivity index (χ1v) is 10.4. The zero-order chi connectivity index (χ0) is 18.9. The number of rotatable bonds is 5. The Morgan fingerprint density at radius 1 is 1.14 bits per heavy atom. The summed E-state index contributed by atoms with van der Waals surface area (Å²) in [6.45, 7) is 1.57. The Labute approximate surface area is 166 Å². The molecule has 0 aliphatic carbocycles. The first kappa shape index (κ1) is 17.6. The number of hydrogen-bond donors (Lipinski definition) is 0. The highest BCUT2D eigenvalue weighted by atomic mass is 32.2. The van der Waals surface area contributed by atoms with Crippen molar-refractivity contribution in [1.82, 2.24) is 9.55 Å². The molecule has 1 fully saturated rings. The Balaban J connectivity index is 1.47. The Morgan fingerprint density at radius 3 is 2.93 bits per heavy atom. The van der Waals surface area contributed by atoms with Crippen LogP contribution in [0.1, 0.15) is 18.4 Å². The highest BCUT2D eigenvalue weighted by molar-refractivity contribution is 7.98. The third kappa shape index (κ3) is 3.36. The van der Waals surface area contributed by atoms with Crippen LogP contribution in [0.4, 0.5) is 0 Å². The maximum atomic E-state index is 13.1. The SMILES string of the molecule is O=c1c2ccccc2nc(SCc2ccc3c(c2)OCO3)n1CC1CCCO1. The van der Waals surface area contributed by atoms with Gasteiger partial charge in [-0.05, 0) is 42.7 Å². The van der Waals surface area contributed by atoms with Crippen LogP contribution in [0.5, 0.6) is 11.5 Å². The van der Waals surface area contributed by atoms with Crippen LogP contribution in [-0.2, 0) is 17.0 Å². The molecular formula is C21H20N2O4S. The fourth-order valence-corrected chi connectivity index (χ4v) is 4.54. The van der Waals surface area contributed by atoms with Crippen molar-refractivity contribution in [3.63, 3.8) is 0 Å². The van der Waals surface area contributed by atoms with Crippen molar-refractivity contribution in [2.45, 2.75) is 36.4 Å². The number of aromatic nitrogens is 2. The standard InChI is InChI=1S/C21H20N2O4S/c24-20-16-5-1-2-6-17(16)22-21(23(20)11-15-4-3-9-25-15)28-12-14-7-8-18-19(10-14)27-13-26-18/h1-2,5-8,10,15H,3-4,9,11-13H2. The van der Waals surface area contributed by atoms with E-state index in [4.69, 9.17) is 19.2 Å². The first-order chi connectivity index (χ1) is 13.8. The van der Waals surface area contributed by atoms with Gasteiger partial charge in [0.1, 0.15) is 0 Å². The predicted octanol–water partition coefficient (Wildman–Crippen LogP) is 3.60. The number of thioether (sulfide) groups is 1. The molecule has 1 saturated heterocycles. The molecule has 2 aromatic carbocycles. The lowest BCUT2D eigenvalue weighted by atomic mass is 10.2. The second-order valence-corrected chi connectivity index (χ2v) is 7.88. The molecule has 3 heterocycles. The summed E-state index contributed by atoms with van der Waals surface area (Å²) in [5, 5.41) is 1.37. The molecule has 0 radical (unpaired) electrons. The Morgan fingerprint density at radius 2 is 2.04 bits per heavy atom. The fraction of sp³-hybridized carbons (Fsp3) is 0.333. The van der Waals surface area contributed by atoms with Gasteiger partial charge in [0.05, 0.1) is 23.6 Å². The van der Waals surface area contributed by atoms with E-state index in [1.165, 1.54) is 0 Å². The normalized spacial score (nSPS) is 18.1. The third-order valence-corrected chi connectivity index (χ3v) is 6.09. The van der Waals surface area contributed by atoms with Crippen LogP contribution in [0.25, 0.3) is 10.9 Å². The molecule has 0 amide bonds. The number of para-hydroxylation sites is 1. The monoisotopic (exact) mass is 396 g/mol. The average Bonchev–Trinajstić information content (AvgIpc) is 3.40. The van der Waals surface area contributed by atoms with Crippen LogP contribution >= 0.6 is 11.8 Å². The Kier molecular flexibility index (Phi) is 4.70. The van der Waals surface area contributed by atoms with Gasteiger partial charge in [-0.1, -0.05) is 30.0 Å². The van der Waals surface area contributed by atoms with Crippen LogP contribution < -0.4 is 15.0 Å². The van der Waals surface area contributed by atoms with Gasteiger partial charge in [0.25, 0.3) is 5.56 Å². The molecule has 2 aliphatic heterocycles. The minimum Gasteiger partial charge on any atom is -0.454 e. The van der Waals surface area contributed by atoms with Gasteiger partial charge in [-0.2, -0.15) is 0 Å². The number of fused-ring (bicyclic) bond motifs is 2. The third-order valence-electron chi connectivity index (χ3n) is 5.04. The molecule has 28 heavy (non-hydrogen) atoms. The number of hydrogen-bond acceptors (Lipinski definition) is 6. The Bertz CT molecular complexity index is 1080. The summed E-state index contributed by atoms with van der Waals surface area (Å²) in [5.41, 5.74) is 1.82. The average molecular weight is 396 g/mol. The van der Waals surface area contributed by atoms with E-state index in [1.807, 2.05) is 42.5 Å². The molecule has 1 atom stereocenters. The molecular weight excluding hydrogens is 376 g/mol. The summed E-state index contributed by atoms with van der Waals surface area (Å²) in [6, 6.07) is 13.4. The van der Waals surface area contributed by atoms with E-state index >= 15 is 0 Å². The van der Waals surface area contributed by atoms with Gasteiger partial charge < -0.3 is 14.2 Å². The van der Waals surface area contributed by atoms with E-state index in [0.717, 1.165) is 47.2 Å². The number of nitrogens with zero attached hydrogens (tertiary/aromatic N) is 2. The summed E-state index contributed by atoms with van der Waals surface area (Å²) in [6.07, 6.45) is 2.09. The first-order valence-electron chi connectivity index (χ1n) is 9.40. The summed E-state index contributed by atoms with van der Waals surface area (Å²) >= 11 is 1.56. The molecule has 5 rings (SSSR count). The summed E-state index contributed by atoms with van der Waals surface area (Å²) in [5.74, 6) is 2.22. The van der Waals surface area contributed by atoms with Gasteiger partial charge >= 0.3 is 0 Å². The van der Waals surface area contributed by atoms with Gasteiger partial charge in [-0.25, -0.2) is 4.98 Å². The molecule has 2 aliphatic rings.